The second-order valence-electron chi connectivity index (χ2n) is 7.47. The lowest BCUT2D eigenvalue weighted by Gasteiger charge is -2.31. The quantitative estimate of drug-likeness (QED) is 0.739. The zero-order chi connectivity index (χ0) is 18.9. The molecule has 0 spiro atoms. The van der Waals surface area contributed by atoms with Gasteiger partial charge in [-0.1, -0.05) is 60.7 Å². The molecule has 2 aliphatic heterocycles. The Kier molecular flexibility index (Phi) is 4.29. The van der Waals surface area contributed by atoms with Crippen molar-refractivity contribution in [1.29, 1.82) is 0 Å². The van der Waals surface area contributed by atoms with Gasteiger partial charge in [-0.15, -0.1) is 0 Å². The van der Waals surface area contributed by atoms with Crippen LogP contribution in [0.5, 0.6) is 0 Å². The van der Waals surface area contributed by atoms with Crippen molar-refractivity contribution in [3.8, 4) is 0 Å². The molecule has 5 rings (SSSR count). The number of anilines is 1. The molecule has 0 saturated carbocycles. The van der Waals surface area contributed by atoms with Gasteiger partial charge in [-0.2, -0.15) is 5.10 Å². The summed E-state index contributed by atoms with van der Waals surface area (Å²) < 4.78 is 0. The van der Waals surface area contributed by atoms with Gasteiger partial charge in [0.1, 0.15) is 6.54 Å². The molecule has 0 radical (unpaired) electrons. The predicted molar refractivity (Wildman–Crippen MR) is 112 cm³/mol. The van der Waals surface area contributed by atoms with Crippen LogP contribution in [0.4, 0.5) is 5.69 Å². The SMILES string of the molecule is O=C1Nc2ccccc2/C1=N/N1CC[NH+](Cc2cccc3ccccc23)CC1. The minimum absolute atomic E-state index is 0.105. The fourth-order valence-corrected chi connectivity index (χ4v) is 4.15. The molecule has 3 aromatic carbocycles. The highest BCUT2D eigenvalue weighted by Crippen LogP contribution is 2.23. The van der Waals surface area contributed by atoms with E-state index in [-0.39, 0.29) is 5.91 Å². The summed E-state index contributed by atoms with van der Waals surface area (Å²) in [6.45, 7) is 4.78. The van der Waals surface area contributed by atoms with Crippen LogP contribution in [0.3, 0.4) is 0 Å². The van der Waals surface area contributed by atoms with Gasteiger partial charge >= 0.3 is 0 Å². The molecule has 2 N–H and O–H groups in total. The number of nitrogens with one attached hydrogen (secondary N) is 2. The summed E-state index contributed by atoms with van der Waals surface area (Å²) in [6.07, 6.45) is 0. The highest BCUT2D eigenvalue weighted by Gasteiger charge is 2.28. The third-order valence-corrected chi connectivity index (χ3v) is 5.65. The maximum atomic E-state index is 12.3. The average Bonchev–Trinajstić information content (AvgIpc) is 3.05. The minimum atomic E-state index is -0.105. The van der Waals surface area contributed by atoms with Gasteiger partial charge in [0.25, 0.3) is 5.91 Å². The van der Waals surface area contributed by atoms with Crippen molar-refractivity contribution in [2.45, 2.75) is 6.54 Å². The molecule has 1 amide bonds. The van der Waals surface area contributed by atoms with E-state index < -0.39 is 0 Å². The van der Waals surface area contributed by atoms with E-state index in [2.05, 4.69) is 52.9 Å². The maximum Gasteiger partial charge on any atom is 0.276 e. The van der Waals surface area contributed by atoms with E-state index in [1.165, 1.54) is 16.3 Å². The number of para-hydroxylation sites is 1. The summed E-state index contributed by atoms with van der Waals surface area (Å²) in [4.78, 5) is 13.8. The molecule has 0 unspecified atom stereocenters. The van der Waals surface area contributed by atoms with Gasteiger partial charge in [-0.3, -0.25) is 9.80 Å². The summed E-state index contributed by atoms with van der Waals surface area (Å²) in [5.74, 6) is -0.105. The van der Waals surface area contributed by atoms with Gasteiger partial charge in [0.05, 0.1) is 31.9 Å². The van der Waals surface area contributed by atoms with Crippen molar-refractivity contribution >= 4 is 28.1 Å². The number of benzene rings is 3. The van der Waals surface area contributed by atoms with E-state index in [0.717, 1.165) is 44.0 Å². The van der Waals surface area contributed by atoms with Crippen molar-refractivity contribution in [2.24, 2.45) is 5.10 Å². The van der Waals surface area contributed by atoms with Gasteiger partial charge in [0, 0.05) is 11.1 Å². The Morgan fingerprint density at radius 3 is 2.57 bits per heavy atom. The van der Waals surface area contributed by atoms with Crippen LogP contribution >= 0.6 is 0 Å². The van der Waals surface area contributed by atoms with E-state index in [1.807, 2.05) is 29.3 Å². The molecular weight excluding hydrogens is 348 g/mol. The van der Waals surface area contributed by atoms with Gasteiger partial charge in [0.15, 0.2) is 5.71 Å². The molecule has 0 aromatic heterocycles. The van der Waals surface area contributed by atoms with Crippen LogP contribution in [0, 0.1) is 0 Å². The molecule has 1 fully saturated rings. The van der Waals surface area contributed by atoms with E-state index in [1.54, 1.807) is 4.90 Å². The first-order valence-electron chi connectivity index (χ1n) is 9.82. The standard InChI is InChI=1S/C23H22N4O/c28-23-22(20-10-3-4-11-21(20)24-23)25-27-14-12-26(13-15-27)16-18-8-5-7-17-6-1-2-9-19(17)18/h1-11H,12-16H2,(H,24,25,28)/p+1. The molecule has 3 aromatic rings. The van der Waals surface area contributed by atoms with Crippen molar-refractivity contribution < 1.29 is 9.69 Å². The Bertz CT molecular complexity index is 1060. The molecular formula is C23H23N4O+. The summed E-state index contributed by atoms with van der Waals surface area (Å²) in [7, 11) is 0. The summed E-state index contributed by atoms with van der Waals surface area (Å²) in [5, 5.41) is 12.3. The number of amides is 1. The topological polar surface area (TPSA) is 49.1 Å². The van der Waals surface area contributed by atoms with Crippen LogP contribution in [0.2, 0.25) is 0 Å². The van der Waals surface area contributed by atoms with E-state index in [9.17, 15) is 4.79 Å². The molecule has 2 heterocycles. The summed E-state index contributed by atoms with van der Waals surface area (Å²) >= 11 is 0. The van der Waals surface area contributed by atoms with Crippen LogP contribution in [-0.2, 0) is 11.3 Å². The Hall–Kier alpha value is -3.18. The molecule has 28 heavy (non-hydrogen) atoms. The largest absolute Gasteiger partial charge is 0.328 e. The summed E-state index contributed by atoms with van der Waals surface area (Å²) in [6, 6.07) is 22.9. The number of hydrogen-bond acceptors (Lipinski definition) is 3. The molecule has 0 aliphatic carbocycles. The lowest BCUT2D eigenvalue weighted by Crippen LogP contribution is -3.13. The van der Waals surface area contributed by atoms with Crippen LogP contribution < -0.4 is 10.2 Å². The number of carbonyl (C=O) groups excluding carboxylic acids is 1. The molecule has 0 bridgehead atoms. The molecule has 0 atom stereocenters. The Morgan fingerprint density at radius 2 is 1.68 bits per heavy atom. The fourth-order valence-electron chi connectivity index (χ4n) is 4.15. The minimum Gasteiger partial charge on any atom is -0.328 e. The zero-order valence-corrected chi connectivity index (χ0v) is 15.7. The number of piperazine rings is 1. The molecule has 5 nitrogen and oxygen atoms in total. The van der Waals surface area contributed by atoms with Crippen LogP contribution in [-0.4, -0.2) is 42.8 Å². The Labute approximate surface area is 164 Å². The first kappa shape index (κ1) is 17.0. The normalized spacial score (nSPS) is 18.5. The third-order valence-electron chi connectivity index (χ3n) is 5.65. The first-order valence-corrected chi connectivity index (χ1v) is 9.82. The smallest absolute Gasteiger partial charge is 0.276 e. The second kappa shape index (κ2) is 7.09. The summed E-state index contributed by atoms with van der Waals surface area (Å²) in [5.41, 5.74) is 3.69. The van der Waals surface area contributed by atoms with E-state index in [4.69, 9.17) is 0 Å². The van der Waals surface area contributed by atoms with Gasteiger partial charge in [-0.05, 0) is 16.8 Å². The Morgan fingerprint density at radius 1 is 0.929 bits per heavy atom. The number of quaternary nitrogens is 1. The second-order valence-corrected chi connectivity index (χ2v) is 7.47. The predicted octanol–water partition coefficient (Wildman–Crippen LogP) is 1.90. The van der Waals surface area contributed by atoms with Crippen LogP contribution in [0.1, 0.15) is 11.1 Å². The molecule has 2 aliphatic rings. The fraction of sp³-hybridized carbons (Fsp3) is 0.217. The zero-order valence-electron chi connectivity index (χ0n) is 15.7. The number of nitrogens with zero attached hydrogens (tertiary/aromatic N) is 2. The number of hydrogen-bond donors (Lipinski definition) is 2. The molecule has 1 saturated heterocycles. The number of fused-ring (bicyclic) bond motifs is 2. The Balaban J connectivity index is 1.28. The van der Waals surface area contributed by atoms with Gasteiger partial charge < -0.3 is 10.2 Å². The first-order chi connectivity index (χ1) is 13.8. The van der Waals surface area contributed by atoms with Crippen LogP contribution in [0.15, 0.2) is 71.8 Å². The monoisotopic (exact) mass is 371 g/mol. The third kappa shape index (κ3) is 3.14. The molecule has 140 valence electrons. The van der Waals surface area contributed by atoms with Crippen molar-refractivity contribution in [3.05, 3.63) is 77.9 Å². The van der Waals surface area contributed by atoms with Crippen molar-refractivity contribution in [2.75, 3.05) is 31.5 Å². The number of hydrazone groups is 1. The van der Waals surface area contributed by atoms with E-state index >= 15 is 0 Å². The highest BCUT2D eigenvalue weighted by atomic mass is 16.2. The van der Waals surface area contributed by atoms with Crippen molar-refractivity contribution in [1.82, 2.24) is 5.01 Å². The van der Waals surface area contributed by atoms with Crippen LogP contribution in [0.25, 0.3) is 10.8 Å². The lowest BCUT2D eigenvalue weighted by molar-refractivity contribution is -0.918. The average molecular weight is 371 g/mol. The van der Waals surface area contributed by atoms with Gasteiger partial charge in [0.2, 0.25) is 0 Å². The number of rotatable bonds is 3. The molecule has 5 heteroatoms. The maximum absolute atomic E-state index is 12.3. The van der Waals surface area contributed by atoms with Crippen molar-refractivity contribution in [3.63, 3.8) is 0 Å². The highest BCUT2D eigenvalue weighted by molar-refractivity contribution is 6.53. The van der Waals surface area contributed by atoms with Gasteiger partial charge in [-0.25, -0.2) is 0 Å². The van der Waals surface area contributed by atoms with E-state index in [0.29, 0.717) is 5.71 Å². The lowest BCUT2D eigenvalue weighted by atomic mass is 10.0. The number of carbonyl (C=O) groups is 1.